The van der Waals surface area contributed by atoms with Gasteiger partial charge < -0.3 is 5.32 Å². The summed E-state index contributed by atoms with van der Waals surface area (Å²) in [6.07, 6.45) is 3.77. The van der Waals surface area contributed by atoms with Gasteiger partial charge in [-0.3, -0.25) is 4.68 Å². The normalized spacial score (nSPS) is 11.0. The summed E-state index contributed by atoms with van der Waals surface area (Å²) in [6, 6.07) is 5.30. The summed E-state index contributed by atoms with van der Waals surface area (Å²) in [7, 11) is 1.88. The maximum atomic E-state index is 14.1. The standard InChI is InChI=1S/C16H22FN3/c1-4-6-16-14(11-20(3)19-16)13-9-12(10-18-5-2)7-8-15(13)17/h7-9,11,18H,4-6,10H2,1-3H3. The molecular weight excluding hydrogens is 253 g/mol. The molecule has 108 valence electrons. The smallest absolute Gasteiger partial charge is 0.131 e. The van der Waals surface area contributed by atoms with Gasteiger partial charge in [-0.05, 0) is 30.7 Å². The van der Waals surface area contributed by atoms with Crippen LogP contribution in [0.4, 0.5) is 4.39 Å². The maximum absolute atomic E-state index is 14.1. The van der Waals surface area contributed by atoms with E-state index in [0.717, 1.165) is 42.8 Å². The van der Waals surface area contributed by atoms with Crippen molar-refractivity contribution in [1.82, 2.24) is 15.1 Å². The summed E-state index contributed by atoms with van der Waals surface area (Å²) in [5.74, 6) is -0.185. The van der Waals surface area contributed by atoms with Gasteiger partial charge >= 0.3 is 0 Å². The predicted octanol–water partition coefficient (Wildman–Crippen LogP) is 3.29. The summed E-state index contributed by atoms with van der Waals surface area (Å²) in [4.78, 5) is 0. The van der Waals surface area contributed by atoms with Crippen LogP contribution < -0.4 is 5.32 Å². The van der Waals surface area contributed by atoms with E-state index < -0.39 is 0 Å². The average Bonchev–Trinajstić information content (AvgIpc) is 2.79. The molecular formula is C16H22FN3. The van der Waals surface area contributed by atoms with E-state index in [1.54, 1.807) is 10.7 Å². The Morgan fingerprint density at radius 2 is 2.05 bits per heavy atom. The maximum Gasteiger partial charge on any atom is 0.131 e. The Morgan fingerprint density at radius 1 is 1.25 bits per heavy atom. The summed E-state index contributed by atoms with van der Waals surface area (Å²) >= 11 is 0. The highest BCUT2D eigenvalue weighted by atomic mass is 19.1. The van der Waals surface area contributed by atoms with Gasteiger partial charge in [-0.25, -0.2) is 4.39 Å². The third-order valence-electron chi connectivity index (χ3n) is 3.29. The quantitative estimate of drug-likeness (QED) is 0.876. The fraction of sp³-hybridized carbons (Fsp3) is 0.438. The average molecular weight is 275 g/mol. The highest BCUT2D eigenvalue weighted by Gasteiger charge is 2.13. The van der Waals surface area contributed by atoms with E-state index in [1.165, 1.54) is 0 Å². The lowest BCUT2D eigenvalue weighted by Crippen LogP contribution is -2.11. The first-order chi connectivity index (χ1) is 9.65. The van der Waals surface area contributed by atoms with E-state index >= 15 is 0 Å². The molecule has 0 amide bonds. The summed E-state index contributed by atoms with van der Waals surface area (Å²) in [5.41, 5.74) is 3.62. The lowest BCUT2D eigenvalue weighted by molar-refractivity contribution is 0.629. The van der Waals surface area contributed by atoms with Crippen LogP contribution in [0.5, 0.6) is 0 Å². The molecule has 1 aromatic heterocycles. The van der Waals surface area contributed by atoms with Crippen LogP contribution >= 0.6 is 0 Å². The van der Waals surface area contributed by atoms with Crippen LogP contribution in [0.3, 0.4) is 0 Å². The topological polar surface area (TPSA) is 29.9 Å². The molecule has 0 atom stereocenters. The monoisotopic (exact) mass is 275 g/mol. The van der Waals surface area contributed by atoms with Crippen LogP contribution in [0.2, 0.25) is 0 Å². The molecule has 0 fully saturated rings. The van der Waals surface area contributed by atoms with Gasteiger partial charge in [0.25, 0.3) is 0 Å². The molecule has 0 saturated heterocycles. The molecule has 0 saturated carbocycles. The van der Waals surface area contributed by atoms with Gasteiger partial charge in [0.2, 0.25) is 0 Å². The zero-order chi connectivity index (χ0) is 14.5. The Morgan fingerprint density at radius 3 is 2.75 bits per heavy atom. The number of hydrogen-bond acceptors (Lipinski definition) is 2. The van der Waals surface area contributed by atoms with Crippen molar-refractivity contribution < 1.29 is 4.39 Å². The number of halogens is 1. The molecule has 0 aliphatic carbocycles. The second-order valence-electron chi connectivity index (χ2n) is 5.01. The number of hydrogen-bond donors (Lipinski definition) is 1. The van der Waals surface area contributed by atoms with Crippen molar-refractivity contribution >= 4 is 0 Å². The van der Waals surface area contributed by atoms with E-state index in [-0.39, 0.29) is 5.82 Å². The second-order valence-corrected chi connectivity index (χ2v) is 5.01. The van der Waals surface area contributed by atoms with Crippen molar-refractivity contribution in [2.45, 2.75) is 33.2 Å². The minimum absolute atomic E-state index is 0.185. The minimum Gasteiger partial charge on any atom is -0.313 e. The highest BCUT2D eigenvalue weighted by Crippen LogP contribution is 2.27. The zero-order valence-electron chi connectivity index (χ0n) is 12.4. The first-order valence-electron chi connectivity index (χ1n) is 7.17. The molecule has 4 heteroatoms. The van der Waals surface area contributed by atoms with E-state index in [0.29, 0.717) is 5.56 Å². The van der Waals surface area contributed by atoms with E-state index in [1.807, 2.05) is 25.4 Å². The van der Waals surface area contributed by atoms with Crippen molar-refractivity contribution in [3.05, 3.63) is 41.5 Å². The lowest BCUT2D eigenvalue weighted by Gasteiger charge is -2.07. The molecule has 0 spiro atoms. The van der Waals surface area contributed by atoms with Crippen molar-refractivity contribution in [1.29, 1.82) is 0 Å². The molecule has 0 bridgehead atoms. The number of nitrogens with one attached hydrogen (secondary N) is 1. The lowest BCUT2D eigenvalue weighted by atomic mass is 10.0. The molecule has 1 aromatic carbocycles. The molecule has 3 nitrogen and oxygen atoms in total. The summed E-state index contributed by atoms with van der Waals surface area (Å²) in [5, 5.41) is 7.71. The van der Waals surface area contributed by atoms with E-state index in [2.05, 4.69) is 24.3 Å². The predicted molar refractivity (Wildman–Crippen MR) is 80.0 cm³/mol. The first kappa shape index (κ1) is 14.7. The molecule has 1 heterocycles. The molecule has 0 radical (unpaired) electrons. The number of benzene rings is 1. The van der Waals surface area contributed by atoms with E-state index in [9.17, 15) is 4.39 Å². The van der Waals surface area contributed by atoms with Gasteiger partial charge in [-0.1, -0.05) is 26.3 Å². The third-order valence-corrected chi connectivity index (χ3v) is 3.29. The Bertz CT molecular complexity index is 575. The highest BCUT2D eigenvalue weighted by molar-refractivity contribution is 5.66. The molecule has 2 rings (SSSR count). The van der Waals surface area contributed by atoms with Crippen LogP contribution in [0, 0.1) is 5.82 Å². The molecule has 2 aromatic rings. The van der Waals surface area contributed by atoms with Crippen LogP contribution in [0.25, 0.3) is 11.1 Å². The fourth-order valence-electron chi connectivity index (χ4n) is 2.34. The van der Waals surface area contributed by atoms with Crippen molar-refractivity contribution in [2.24, 2.45) is 7.05 Å². The van der Waals surface area contributed by atoms with Gasteiger partial charge in [0.05, 0.1) is 5.69 Å². The van der Waals surface area contributed by atoms with Crippen molar-refractivity contribution in [3.8, 4) is 11.1 Å². The minimum atomic E-state index is -0.185. The Hall–Kier alpha value is -1.68. The number of aromatic nitrogens is 2. The Labute approximate surface area is 119 Å². The van der Waals surface area contributed by atoms with Crippen molar-refractivity contribution in [3.63, 3.8) is 0 Å². The number of rotatable bonds is 6. The van der Waals surface area contributed by atoms with Gasteiger partial charge in [-0.15, -0.1) is 0 Å². The molecule has 1 N–H and O–H groups in total. The summed E-state index contributed by atoms with van der Waals surface area (Å²) < 4.78 is 15.9. The second kappa shape index (κ2) is 6.66. The largest absolute Gasteiger partial charge is 0.313 e. The van der Waals surface area contributed by atoms with Gasteiger partial charge in [0.15, 0.2) is 0 Å². The fourth-order valence-corrected chi connectivity index (χ4v) is 2.34. The van der Waals surface area contributed by atoms with Gasteiger partial charge in [0.1, 0.15) is 5.82 Å². The number of aryl methyl sites for hydroxylation is 2. The van der Waals surface area contributed by atoms with Crippen molar-refractivity contribution in [2.75, 3.05) is 6.54 Å². The SMILES string of the molecule is CCCc1nn(C)cc1-c1cc(CNCC)ccc1F. The van der Waals surface area contributed by atoms with Crippen LogP contribution in [-0.4, -0.2) is 16.3 Å². The van der Waals surface area contributed by atoms with Crippen LogP contribution in [-0.2, 0) is 20.0 Å². The molecule has 0 unspecified atom stereocenters. The molecule has 0 aliphatic heterocycles. The Kier molecular flexibility index (Phi) is 4.90. The van der Waals surface area contributed by atoms with Crippen LogP contribution in [0.15, 0.2) is 24.4 Å². The van der Waals surface area contributed by atoms with E-state index in [4.69, 9.17) is 0 Å². The van der Waals surface area contributed by atoms with Gasteiger partial charge in [-0.2, -0.15) is 5.10 Å². The third kappa shape index (κ3) is 3.25. The number of nitrogens with zero attached hydrogens (tertiary/aromatic N) is 2. The Balaban J connectivity index is 2.40. The summed E-state index contributed by atoms with van der Waals surface area (Å²) in [6.45, 7) is 5.83. The molecule has 20 heavy (non-hydrogen) atoms. The van der Waals surface area contributed by atoms with Crippen LogP contribution in [0.1, 0.15) is 31.5 Å². The first-order valence-corrected chi connectivity index (χ1v) is 7.17. The van der Waals surface area contributed by atoms with Gasteiger partial charge in [0, 0.05) is 30.9 Å². The zero-order valence-corrected chi connectivity index (χ0v) is 12.4. The molecule has 0 aliphatic rings.